The van der Waals surface area contributed by atoms with Gasteiger partial charge >= 0.3 is 0 Å². The van der Waals surface area contributed by atoms with Gasteiger partial charge in [0, 0.05) is 19.6 Å². The van der Waals surface area contributed by atoms with Crippen LogP contribution >= 0.6 is 23.7 Å². The van der Waals surface area contributed by atoms with Crippen LogP contribution in [0.4, 0.5) is 0 Å². The van der Waals surface area contributed by atoms with Crippen molar-refractivity contribution in [1.29, 1.82) is 0 Å². The Balaban J connectivity index is 0.00000144. The Hall–Kier alpha value is -0.880. The molecule has 6 heteroatoms. The summed E-state index contributed by atoms with van der Waals surface area (Å²) in [5.41, 5.74) is 6.43. The average Bonchev–Trinajstić information content (AvgIpc) is 2.86. The Kier molecular flexibility index (Phi) is 5.64. The topological polar surface area (TPSA) is 55.3 Å². The lowest BCUT2D eigenvalue weighted by molar-refractivity contribution is 0.332. The summed E-state index contributed by atoms with van der Waals surface area (Å²) in [5, 5.41) is 2.01. The molecule has 2 rings (SSSR count). The van der Waals surface area contributed by atoms with Gasteiger partial charge in [0.15, 0.2) is 0 Å². The Bertz CT molecular complexity index is 430. The molecule has 0 saturated heterocycles. The lowest BCUT2D eigenvalue weighted by Crippen LogP contribution is -2.25. The van der Waals surface area contributed by atoms with Gasteiger partial charge in [-0.2, -0.15) is 0 Å². The molecule has 0 aliphatic rings. The largest absolute Gasteiger partial charge is 0.444 e. The first-order valence-corrected chi connectivity index (χ1v) is 6.04. The molecule has 2 aromatic rings. The quantitative estimate of drug-likeness (QED) is 0.908. The Labute approximate surface area is 111 Å². The molecule has 2 aromatic heterocycles. The first-order valence-electron chi connectivity index (χ1n) is 5.16. The average molecular weight is 274 g/mol. The second-order valence-electron chi connectivity index (χ2n) is 3.65. The van der Waals surface area contributed by atoms with Gasteiger partial charge < -0.3 is 10.2 Å². The van der Waals surface area contributed by atoms with Gasteiger partial charge in [-0.1, -0.05) is 6.07 Å². The predicted molar refractivity (Wildman–Crippen MR) is 72.5 cm³/mol. The highest BCUT2D eigenvalue weighted by Crippen LogP contribution is 2.23. The number of rotatable bonds is 5. The first kappa shape index (κ1) is 14.2. The molecule has 0 saturated carbocycles. The highest BCUT2D eigenvalue weighted by Gasteiger charge is 2.08. The molecule has 0 aliphatic carbocycles. The molecule has 0 aliphatic heterocycles. The highest BCUT2D eigenvalue weighted by molar-refractivity contribution is 7.13. The van der Waals surface area contributed by atoms with Gasteiger partial charge in [0.05, 0.1) is 10.6 Å². The lowest BCUT2D eigenvalue weighted by Gasteiger charge is -2.12. The van der Waals surface area contributed by atoms with Crippen LogP contribution in [0.2, 0.25) is 0 Å². The van der Waals surface area contributed by atoms with Crippen LogP contribution in [0.1, 0.15) is 5.69 Å². The number of hydrogen-bond donors (Lipinski definition) is 1. The number of likely N-dealkylation sites (N-methyl/N-ethyl adjacent to an activating group) is 1. The summed E-state index contributed by atoms with van der Waals surface area (Å²) >= 11 is 1.63. The predicted octanol–water partition coefficient (Wildman–Crippen LogP) is 2.22. The van der Waals surface area contributed by atoms with E-state index in [-0.39, 0.29) is 12.4 Å². The van der Waals surface area contributed by atoms with Crippen LogP contribution in [0.5, 0.6) is 0 Å². The third kappa shape index (κ3) is 3.81. The molecular weight excluding hydrogens is 258 g/mol. The smallest absolute Gasteiger partial charge is 0.236 e. The molecule has 94 valence electrons. The molecule has 0 unspecified atom stereocenters. The van der Waals surface area contributed by atoms with Crippen molar-refractivity contribution < 1.29 is 4.42 Å². The second-order valence-corrected chi connectivity index (χ2v) is 4.60. The maximum atomic E-state index is 5.48. The first-order chi connectivity index (χ1) is 7.79. The fourth-order valence-electron chi connectivity index (χ4n) is 1.47. The third-order valence-electron chi connectivity index (χ3n) is 2.23. The summed E-state index contributed by atoms with van der Waals surface area (Å²) in [7, 11) is 2.02. The summed E-state index contributed by atoms with van der Waals surface area (Å²) in [5.74, 6) is 0.700. The standard InChI is InChI=1S/C11H15N3OS.ClH/c1-14(5-4-12)7-9-8-15-11(13-9)10-3-2-6-16-10;/h2-3,6,8H,4-5,7,12H2,1H3;1H. The maximum Gasteiger partial charge on any atom is 0.236 e. The van der Waals surface area contributed by atoms with Gasteiger partial charge in [-0.25, -0.2) is 4.98 Å². The normalized spacial score (nSPS) is 10.5. The van der Waals surface area contributed by atoms with Crippen LogP contribution in [0.15, 0.2) is 28.2 Å². The summed E-state index contributed by atoms with van der Waals surface area (Å²) in [6.45, 7) is 2.29. The fraction of sp³-hybridized carbons (Fsp3) is 0.364. The summed E-state index contributed by atoms with van der Waals surface area (Å²) in [6, 6.07) is 3.99. The summed E-state index contributed by atoms with van der Waals surface area (Å²) in [4.78, 5) is 7.62. The van der Waals surface area contributed by atoms with E-state index in [4.69, 9.17) is 10.2 Å². The Morgan fingerprint density at radius 1 is 1.53 bits per heavy atom. The SMILES string of the molecule is CN(CCN)Cc1coc(-c2cccs2)n1.Cl. The number of thiophene rings is 1. The zero-order chi connectivity index (χ0) is 11.4. The van der Waals surface area contributed by atoms with Crippen molar-refractivity contribution in [2.75, 3.05) is 20.1 Å². The van der Waals surface area contributed by atoms with Gasteiger partial charge in [0.1, 0.15) is 6.26 Å². The third-order valence-corrected chi connectivity index (χ3v) is 3.08. The molecule has 0 aromatic carbocycles. The monoisotopic (exact) mass is 273 g/mol. The highest BCUT2D eigenvalue weighted by atomic mass is 35.5. The Morgan fingerprint density at radius 3 is 3.00 bits per heavy atom. The van der Waals surface area contributed by atoms with Crippen molar-refractivity contribution in [3.63, 3.8) is 0 Å². The zero-order valence-corrected chi connectivity index (χ0v) is 11.3. The minimum atomic E-state index is 0. The number of nitrogens with zero attached hydrogens (tertiary/aromatic N) is 2. The van der Waals surface area contributed by atoms with Crippen LogP contribution < -0.4 is 5.73 Å². The van der Waals surface area contributed by atoms with Crippen LogP contribution in [-0.4, -0.2) is 30.0 Å². The molecule has 2 N–H and O–H groups in total. The van der Waals surface area contributed by atoms with Gasteiger partial charge in [-0.3, -0.25) is 4.90 Å². The van der Waals surface area contributed by atoms with Crippen LogP contribution in [0.25, 0.3) is 10.8 Å². The molecule has 0 atom stereocenters. The van der Waals surface area contributed by atoms with Crippen LogP contribution in [-0.2, 0) is 6.54 Å². The van der Waals surface area contributed by atoms with E-state index < -0.39 is 0 Å². The zero-order valence-electron chi connectivity index (χ0n) is 9.63. The van der Waals surface area contributed by atoms with E-state index in [2.05, 4.69) is 9.88 Å². The second kappa shape index (κ2) is 6.76. The molecule has 4 nitrogen and oxygen atoms in total. The Morgan fingerprint density at radius 2 is 2.35 bits per heavy atom. The molecule has 0 spiro atoms. The molecule has 17 heavy (non-hydrogen) atoms. The molecule has 0 amide bonds. The van der Waals surface area contributed by atoms with E-state index in [1.807, 2.05) is 24.6 Å². The van der Waals surface area contributed by atoms with Crippen molar-refractivity contribution >= 4 is 23.7 Å². The number of hydrogen-bond acceptors (Lipinski definition) is 5. The summed E-state index contributed by atoms with van der Waals surface area (Å²) < 4.78 is 5.43. The van der Waals surface area contributed by atoms with E-state index in [9.17, 15) is 0 Å². The van der Waals surface area contributed by atoms with Gasteiger partial charge in [0.25, 0.3) is 0 Å². The molecule has 2 heterocycles. The van der Waals surface area contributed by atoms with Crippen molar-refractivity contribution in [1.82, 2.24) is 9.88 Å². The lowest BCUT2D eigenvalue weighted by atomic mass is 10.4. The van der Waals surface area contributed by atoms with Gasteiger partial charge in [-0.15, -0.1) is 23.7 Å². The van der Waals surface area contributed by atoms with E-state index in [0.717, 1.165) is 23.7 Å². The molecule has 0 bridgehead atoms. The van der Waals surface area contributed by atoms with Crippen molar-refractivity contribution in [2.24, 2.45) is 5.73 Å². The number of aromatic nitrogens is 1. The van der Waals surface area contributed by atoms with E-state index in [1.54, 1.807) is 17.6 Å². The maximum absolute atomic E-state index is 5.48. The van der Waals surface area contributed by atoms with E-state index >= 15 is 0 Å². The number of halogens is 1. The van der Waals surface area contributed by atoms with Gasteiger partial charge in [0.2, 0.25) is 5.89 Å². The van der Waals surface area contributed by atoms with Gasteiger partial charge in [-0.05, 0) is 18.5 Å². The number of nitrogens with two attached hydrogens (primary N) is 1. The van der Waals surface area contributed by atoms with E-state index in [1.165, 1.54) is 0 Å². The van der Waals surface area contributed by atoms with E-state index in [0.29, 0.717) is 12.4 Å². The van der Waals surface area contributed by atoms with Crippen LogP contribution in [0, 0.1) is 0 Å². The summed E-state index contributed by atoms with van der Waals surface area (Å²) in [6.07, 6.45) is 1.71. The van der Waals surface area contributed by atoms with Crippen molar-refractivity contribution in [2.45, 2.75) is 6.54 Å². The van der Waals surface area contributed by atoms with Crippen molar-refractivity contribution in [3.8, 4) is 10.8 Å². The molecular formula is C11H16ClN3OS. The van der Waals surface area contributed by atoms with Crippen molar-refractivity contribution in [3.05, 3.63) is 29.5 Å². The number of oxazole rings is 1. The molecule has 0 fully saturated rings. The fourth-order valence-corrected chi connectivity index (χ4v) is 2.12. The minimum Gasteiger partial charge on any atom is -0.444 e. The van der Waals surface area contributed by atoms with Crippen LogP contribution in [0.3, 0.4) is 0 Å². The molecule has 0 radical (unpaired) electrons. The minimum absolute atomic E-state index is 0.